The number of carbonyl (C=O) groups excluding carboxylic acids is 1. The third kappa shape index (κ3) is 5.13. The minimum absolute atomic E-state index is 0.127. The minimum atomic E-state index is -0.144. The number of rotatable bonds is 3. The van der Waals surface area contributed by atoms with Gasteiger partial charge < -0.3 is 9.38 Å². The number of amides is 1. The molecule has 0 aromatic heterocycles. The summed E-state index contributed by atoms with van der Waals surface area (Å²) in [5.74, 6) is 1.89. The molecular weight excluding hydrogens is 388 g/mol. The van der Waals surface area contributed by atoms with Crippen LogP contribution in [0.1, 0.15) is 83.5 Å². The Kier molecular flexibility index (Phi) is 7.18. The van der Waals surface area contributed by atoms with Crippen LogP contribution in [0.25, 0.3) is 0 Å². The highest BCUT2D eigenvalue weighted by molar-refractivity contribution is 5.82. The van der Waals surface area contributed by atoms with E-state index in [1.807, 2.05) is 0 Å². The van der Waals surface area contributed by atoms with E-state index >= 15 is 0 Å². The van der Waals surface area contributed by atoms with Gasteiger partial charge in [-0.2, -0.15) is 5.48 Å². The van der Waals surface area contributed by atoms with Crippen LogP contribution >= 0.6 is 0 Å². The van der Waals surface area contributed by atoms with Gasteiger partial charge in [-0.05, 0) is 37.5 Å². The van der Waals surface area contributed by atoms with Gasteiger partial charge in [-0.15, -0.1) is 0 Å². The molecule has 3 unspecified atom stereocenters. The summed E-state index contributed by atoms with van der Waals surface area (Å²) < 4.78 is 1.26. The molecule has 1 saturated carbocycles. The number of quaternary nitrogens is 1. The average molecular weight is 434 g/mol. The molecule has 1 spiro atoms. The van der Waals surface area contributed by atoms with Crippen molar-refractivity contribution in [1.82, 2.24) is 15.7 Å². The van der Waals surface area contributed by atoms with Crippen molar-refractivity contribution in [2.24, 2.45) is 11.8 Å². The number of nitrogens with one attached hydrogen (secondary N) is 2. The van der Waals surface area contributed by atoms with Crippen LogP contribution in [0.5, 0.6) is 0 Å². The molecule has 0 aromatic carbocycles. The molecule has 1 amide bonds. The Morgan fingerprint density at radius 3 is 2.16 bits per heavy atom. The maximum atomic E-state index is 13.0. The molecule has 5 aliphatic rings. The van der Waals surface area contributed by atoms with E-state index in [2.05, 4.69) is 15.7 Å². The van der Waals surface area contributed by atoms with Crippen LogP contribution in [0.15, 0.2) is 0 Å². The Balaban J connectivity index is 1.06. The van der Waals surface area contributed by atoms with Gasteiger partial charge in [0.2, 0.25) is 5.91 Å². The summed E-state index contributed by atoms with van der Waals surface area (Å²) in [5, 5.41) is 3.84. The SMILES string of the molecule is O=C(C1CC(C2CC[N+]3(CCCCCCCC3)CN2)ON1)N1CC(C2CCCCC2)C1. The van der Waals surface area contributed by atoms with Gasteiger partial charge in [0, 0.05) is 32.0 Å². The van der Waals surface area contributed by atoms with E-state index in [4.69, 9.17) is 4.84 Å². The monoisotopic (exact) mass is 433 g/mol. The first-order valence-corrected chi connectivity index (χ1v) is 13.5. The molecule has 4 aliphatic heterocycles. The van der Waals surface area contributed by atoms with Gasteiger partial charge in [0.25, 0.3) is 0 Å². The lowest BCUT2D eigenvalue weighted by molar-refractivity contribution is -0.936. The fourth-order valence-electron chi connectivity index (χ4n) is 7.03. The quantitative estimate of drug-likeness (QED) is 0.672. The topological polar surface area (TPSA) is 53.6 Å². The molecule has 3 atom stereocenters. The zero-order chi connectivity index (χ0) is 21.1. The lowest BCUT2D eigenvalue weighted by Gasteiger charge is -2.45. The molecule has 2 N–H and O–H groups in total. The van der Waals surface area contributed by atoms with E-state index in [0.717, 1.165) is 38.0 Å². The first-order valence-electron chi connectivity index (χ1n) is 13.5. The summed E-state index contributed by atoms with van der Waals surface area (Å²) in [6.45, 7) is 6.98. The van der Waals surface area contributed by atoms with Crippen LogP contribution < -0.4 is 10.8 Å². The first-order chi connectivity index (χ1) is 15.2. The molecular formula is C25H45N4O2+. The fourth-order valence-corrected chi connectivity index (χ4v) is 7.03. The summed E-state index contributed by atoms with van der Waals surface area (Å²) in [4.78, 5) is 21.0. The second kappa shape index (κ2) is 10.1. The molecule has 6 heteroatoms. The van der Waals surface area contributed by atoms with Gasteiger partial charge in [-0.3, -0.25) is 14.9 Å². The summed E-state index contributed by atoms with van der Waals surface area (Å²) in [6.07, 6.45) is 17.5. The second-order valence-corrected chi connectivity index (χ2v) is 11.4. The maximum Gasteiger partial charge on any atom is 0.242 e. The molecule has 0 bridgehead atoms. The van der Waals surface area contributed by atoms with Gasteiger partial charge in [0.15, 0.2) is 0 Å². The van der Waals surface area contributed by atoms with E-state index in [-0.39, 0.29) is 18.1 Å². The largest absolute Gasteiger partial charge is 0.341 e. The van der Waals surface area contributed by atoms with E-state index in [0.29, 0.717) is 6.04 Å². The number of likely N-dealkylation sites (tertiary alicyclic amines) is 1. The number of hydrogen-bond acceptors (Lipinski definition) is 4. The Morgan fingerprint density at radius 1 is 0.806 bits per heavy atom. The predicted molar refractivity (Wildman–Crippen MR) is 122 cm³/mol. The molecule has 5 rings (SSSR count). The molecule has 1 aliphatic carbocycles. The van der Waals surface area contributed by atoms with Crippen molar-refractivity contribution in [2.45, 2.75) is 102 Å². The Labute approximate surface area is 189 Å². The minimum Gasteiger partial charge on any atom is -0.341 e. The van der Waals surface area contributed by atoms with Crippen LogP contribution in [0.3, 0.4) is 0 Å². The van der Waals surface area contributed by atoms with Crippen LogP contribution in [-0.4, -0.2) is 72.9 Å². The fraction of sp³-hybridized carbons (Fsp3) is 0.960. The van der Waals surface area contributed by atoms with Crippen molar-refractivity contribution in [1.29, 1.82) is 0 Å². The zero-order valence-corrected chi connectivity index (χ0v) is 19.5. The number of hydroxylamine groups is 1. The van der Waals surface area contributed by atoms with E-state index in [1.54, 1.807) is 0 Å². The highest BCUT2D eigenvalue weighted by Gasteiger charge is 2.44. The van der Waals surface area contributed by atoms with Gasteiger partial charge in [0.1, 0.15) is 12.7 Å². The van der Waals surface area contributed by atoms with Crippen LogP contribution in [0.4, 0.5) is 0 Å². The normalized spacial score (nSPS) is 35.9. The Bertz CT molecular complexity index is 582. The molecule has 5 fully saturated rings. The smallest absolute Gasteiger partial charge is 0.242 e. The second-order valence-electron chi connectivity index (χ2n) is 11.4. The highest BCUT2D eigenvalue weighted by atomic mass is 16.7. The molecule has 4 heterocycles. The van der Waals surface area contributed by atoms with Crippen molar-refractivity contribution in [3.63, 3.8) is 0 Å². The summed E-state index contributed by atoms with van der Waals surface area (Å²) >= 11 is 0. The lowest BCUT2D eigenvalue weighted by Crippen LogP contribution is -2.63. The average Bonchev–Trinajstić information content (AvgIpc) is 3.29. The van der Waals surface area contributed by atoms with Crippen molar-refractivity contribution >= 4 is 5.91 Å². The molecule has 31 heavy (non-hydrogen) atoms. The van der Waals surface area contributed by atoms with Gasteiger partial charge in [-0.1, -0.05) is 44.9 Å². The van der Waals surface area contributed by atoms with Gasteiger partial charge in [-0.25, -0.2) is 0 Å². The van der Waals surface area contributed by atoms with E-state index in [1.165, 1.54) is 101 Å². The molecule has 6 nitrogen and oxygen atoms in total. The predicted octanol–water partition coefficient (Wildman–Crippen LogP) is 3.18. The third-order valence-electron chi connectivity index (χ3n) is 9.23. The molecule has 4 saturated heterocycles. The van der Waals surface area contributed by atoms with Crippen molar-refractivity contribution < 1.29 is 14.1 Å². The first kappa shape index (κ1) is 22.1. The standard InChI is InChI=1S/C25H45N4O2/c30-25(28-17-21(18-28)20-10-6-5-7-11-20)23-16-24(31-27-23)22-12-15-29(19-26-22)13-8-3-1-2-4-9-14-29/h20-24,26-27H,1-19H2/q+1. The van der Waals surface area contributed by atoms with Gasteiger partial charge >= 0.3 is 0 Å². The molecule has 176 valence electrons. The van der Waals surface area contributed by atoms with Crippen LogP contribution in [0, 0.1) is 11.8 Å². The number of carbonyl (C=O) groups is 1. The molecule has 0 radical (unpaired) electrons. The Hall–Kier alpha value is -0.690. The van der Waals surface area contributed by atoms with Gasteiger partial charge in [0.05, 0.1) is 25.7 Å². The lowest BCUT2D eigenvalue weighted by atomic mass is 9.76. The zero-order valence-electron chi connectivity index (χ0n) is 19.5. The number of nitrogens with zero attached hydrogens (tertiary/aromatic N) is 2. The van der Waals surface area contributed by atoms with Crippen molar-refractivity contribution in [2.75, 3.05) is 39.4 Å². The maximum absolute atomic E-state index is 13.0. The van der Waals surface area contributed by atoms with E-state index in [9.17, 15) is 4.79 Å². The van der Waals surface area contributed by atoms with Crippen LogP contribution in [-0.2, 0) is 9.63 Å². The molecule has 0 aromatic rings. The summed E-state index contributed by atoms with van der Waals surface area (Å²) in [7, 11) is 0. The number of hydrogen-bond donors (Lipinski definition) is 2. The Morgan fingerprint density at radius 2 is 1.48 bits per heavy atom. The summed E-state index contributed by atoms with van der Waals surface area (Å²) in [6, 6.07) is 0.238. The van der Waals surface area contributed by atoms with Crippen molar-refractivity contribution in [3.05, 3.63) is 0 Å². The van der Waals surface area contributed by atoms with E-state index < -0.39 is 0 Å². The highest BCUT2D eigenvalue weighted by Crippen LogP contribution is 2.36. The third-order valence-corrected chi connectivity index (χ3v) is 9.23. The van der Waals surface area contributed by atoms with Crippen molar-refractivity contribution in [3.8, 4) is 0 Å². The van der Waals surface area contributed by atoms with Crippen LogP contribution in [0.2, 0.25) is 0 Å². The summed E-state index contributed by atoms with van der Waals surface area (Å²) in [5.41, 5.74) is 3.11.